The second-order valence-corrected chi connectivity index (χ2v) is 9.71. The van der Waals surface area contributed by atoms with Crippen LogP contribution in [0.5, 0.6) is 0 Å². The van der Waals surface area contributed by atoms with Crippen LogP contribution in [0.4, 0.5) is 0 Å². The summed E-state index contributed by atoms with van der Waals surface area (Å²) in [6.07, 6.45) is 5.82. The summed E-state index contributed by atoms with van der Waals surface area (Å²) in [5.74, 6) is 0.0829. The van der Waals surface area contributed by atoms with E-state index < -0.39 is 10.0 Å². The molecule has 0 bridgehead atoms. The summed E-state index contributed by atoms with van der Waals surface area (Å²) in [7, 11) is -3.44. The fourth-order valence-corrected chi connectivity index (χ4v) is 5.33. The van der Waals surface area contributed by atoms with E-state index in [1.54, 1.807) is 12.1 Å². The molecule has 158 valence electrons. The Morgan fingerprint density at radius 3 is 2.21 bits per heavy atom. The van der Waals surface area contributed by atoms with Crippen LogP contribution in [0.25, 0.3) is 0 Å². The van der Waals surface area contributed by atoms with E-state index in [0.717, 1.165) is 18.4 Å². The van der Waals surface area contributed by atoms with Crippen LogP contribution >= 0.6 is 0 Å². The molecule has 1 aromatic carbocycles. The van der Waals surface area contributed by atoms with Crippen molar-refractivity contribution in [1.82, 2.24) is 9.62 Å². The van der Waals surface area contributed by atoms with Gasteiger partial charge in [0.25, 0.3) is 5.91 Å². The van der Waals surface area contributed by atoms with Crippen molar-refractivity contribution in [2.75, 3.05) is 13.1 Å². The summed E-state index contributed by atoms with van der Waals surface area (Å²) < 4.78 is 26.6. The number of nitrogens with two attached hydrogens (primary N) is 1. The topological polar surface area (TPSA) is 83.1 Å². The van der Waals surface area contributed by atoms with Crippen LogP contribution in [0.3, 0.4) is 0 Å². The first-order valence-corrected chi connectivity index (χ1v) is 12.0. The standard InChI is InChI=1S/C21H35N3O3S/c1-5-24(6-2)28(26,27)20-14-12-18(13-15-20)16(3)22-17(4)21(25)23-19-10-8-7-9-11-19/h12-17,19,22H,5-11H2,1-4H3,(H,23,25)/p+1/t16-,17+/m0/s1. The summed E-state index contributed by atoms with van der Waals surface area (Å²) in [6, 6.07) is 7.23. The number of carbonyl (C=O) groups excluding carboxylic acids is 1. The van der Waals surface area contributed by atoms with E-state index in [-0.39, 0.29) is 18.0 Å². The number of sulfonamides is 1. The quantitative estimate of drug-likeness (QED) is 0.654. The molecule has 2 rings (SSSR count). The molecule has 1 aliphatic carbocycles. The van der Waals surface area contributed by atoms with E-state index in [2.05, 4.69) is 5.32 Å². The molecule has 28 heavy (non-hydrogen) atoms. The Morgan fingerprint density at radius 1 is 1.11 bits per heavy atom. The molecule has 0 saturated heterocycles. The molecule has 0 spiro atoms. The first kappa shape index (κ1) is 22.8. The molecule has 1 aromatic rings. The Labute approximate surface area is 170 Å². The fraction of sp³-hybridized carbons (Fsp3) is 0.667. The average Bonchev–Trinajstić information content (AvgIpc) is 2.69. The highest BCUT2D eigenvalue weighted by Crippen LogP contribution is 2.19. The van der Waals surface area contributed by atoms with Gasteiger partial charge in [-0.1, -0.05) is 45.2 Å². The molecule has 1 saturated carbocycles. The third-order valence-corrected chi connectivity index (χ3v) is 7.76. The molecule has 6 nitrogen and oxygen atoms in total. The van der Waals surface area contributed by atoms with Gasteiger partial charge in [0.1, 0.15) is 6.04 Å². The molecule has 0 aromatic heterocycles. The number of rotatable bonds is 9. The zero-order valence-electron chi connectivity index (χ0n) is 17.6. The monoisotopic (exact) mass is 410 g/mol. The van der Waals surface area contributed by atoms with Crippen LogP contribution in [-0.4, -0.2) is 43.8 Å². The summed E-state index contributed by atoms with van der Waals surface area (Å²) in [5, 5.41) is 5.21. The molecule has 1 fully saturated rings. The van der Waals surface area contributed by atoms with Crippen molar-refractivity contribution in [2.45, 2.75) is 82.8 Å². The van der Waals surface area contributed by atoms with Gasteiger partial charge >= 0.3 is 0 Å². The number of hydrogen-bond donors (Lipinski definition) is 2. The number of carbonyl (C=O) groups is 1. The van der Waals surface area contributed by atoms with E-state index in [1.165, 1.54) is 23.6 Å². The van der Waals surface area contributed by atoms with E-state index in [4.69, 9.17) is 0 Å². The zero-order valence-corrected chi connectivity index (χ0v) is 18.5. The maximum absolute atomic E-state index is 12.6. The van der Waals surface area contributed by atoms with Crippen LogP contribution in [0.1, 0.15) is 71.4 Å². The van der Waals surface area contributed by atoms with Gasteiger partial charge in [-0.2, -0.15) is 4.31 Å². The summed E-state index contributed by atoms with van der Waals surface area (Å²) in [4.78, 5) is 12.8. The zero-order chi connectivity index (χ0) is 20.7. The number of nitrogens with one attached hydrogen (secondary N) is 1. The Balaban J connectivity index is 1.96. The number of hydrogen-bond acceptors (Lipinski definition) is 3. The van der Waals surface area contributed by atoms with E-state index in [1.807, 2.05) is 45.1 Å². The Hall–Kier alpha value is -1.44. The van der Waals surface area contributed by atoms with Crippen LogP contribution in [-0.2, 0) is 14.8 Å². The van der Waals surface area contributed by atoms with Crippen molar-refractivity contribution in [3.63, 3.8) is 0 Å². The second kappa shape index (κ2) is 10.4. The highest BCUT2D eigenvalue weighted by atomic mass is 32.2. The van der Waals surface area contributed by atoms with Gasteiger partial charge in [-0.15, -0.1) is 0 Å². The normalized spacial score (nSPS) is 18.0. The van der Waals surface area contributed by atoms with Gasteiger partial charge in [-0.3, -0.25) is 4.79 Å². The SMILES string of the molecule is CCN(CC)S(=O)(=O)c1ccc([C@H](C)[NH2+][C@H](C)C(=O)NC2CCCCC2)cc1. The van der Waals surface area contributed by atoms with Crippen molar-refractivity contribution in [2.24, 2.45) is 0 Å². The molecular weight excluding hydrogens is 374 g/mol. The lowest BCUT2D eigenvalue weighted by molar-refractivity contribution is -0.710. The Kier molecular flexibility index (Phi) is 8.46. The molecule has 0 aliphatic heterocycles. The lowest BCUT2D eigenvalue weighted by atomic mass is 9.95. The molecule has 3 N–H and O–H groups in total. The third-order valence-electron chi connectivity index (χ3n) is 5.69. The highest BCUT2D eigenvalue weighted by molar-refractivity contribution is 7.89. The minimum absolute atomic E-state index is 0.0670. The van der Waals surface area contributed by atoms with Crippen molar-refractivity contribution in [3.8, 4) is 0 Å². The molecule has 0 unspecified atom stereocenters. The van der Waals surface area contributed by atoms with Gasteiger partial charge < -0.3 is 10.6 Å². The fourth-order valence-electron chi connectivity index (χ4n) is 3.87. The van der Waals surface area contributed by atoms with Crippen LogP contribution in [0.2, 0.25) is 0 Å². The van der Waals surface area contributed by atoms with Crippen LogP contribution in [0.15, 0.2) is 29.2 Å². The molecule has 1 aliphatic rings. The van der Waals surface area contributed by atoms with E-state index in [0.29, 0.717) is 24.0 Å². The Bertz CT molecular complexity index is 724. The molecular formula is C21H36N3O3S+. The summed E-state index contributed by atoms with van der Waals surface area (Å²) in [5.41, 5.74) is 1.01. The van der Waals surface area contributed by atoms with Crippen molar-refractivity contribution in [3.05, 3.63) is 29.8 Å². The first-order valence-electron chi connectivity index (χ1n) is 10.5. The lowest BCUT2D eigenvalue weighted by Crippen LogP contribution is -2.92. The third kappa shape index (κ3) is 5.78. The number of quaternary nitrogens is 1. The van der Waals surface area contributed by atoms with Crippen LogP contribution < -0.4 is 10.6 Å². The van der Waals surface area contributed by atoms with E-state index >= 15 is 0 Å². The molecule has 1 amide bonds. The van der Waals surface area contributed by atoms with Crippen molar-refractivity contribution < 1.29 is 18.5 Å². The van der Waals surface area contributed by atoms with Gasteiger partial charge in [0.05, 0.1) is 4.90 Å². The minimum Gasteiger partial charge on any atom is -0.348 e. The van der Waals surface area contributed by atoms with Crippen LogP contribution in [0, 0.1) is 0 Å². The van der Waals surface area contributed by atoms with Gasteiger partial charge in [-0.25, -0.2) is 8.42 Å². The molecule has 0 radical (unpaired) electrons. The van der Waals surface area contributed by atoms with Gasteiger partial charge in [0.2, 0.25) is 10.0 Å². The maximum atomic E-state index is 12.6. The molecule has 7 heteroatoms. The molecule has 0 heterocycles. The minimum atomic E-state index is -3.44. The second-order valence-electron chi connectivity index (χ2n) is 7.77. The molecule has 2 atom stereocenters. The predicted octanol–water partition coefficient (Wildman–Crippen LogP) is 2.18. The van der Waals surface area contributed by atoms with Crippen molar-refractivity contribution in [1.29, 1.82) is 0 Å². The lowest BCUT2D eigenvalue weighted by Gasteiger charge is -2.24. The summed E-state index contributed by atoms with van der Waals surface area (Å²) in [6.45, 7) is 8.56. The van der Waals surface area contributed by atoms with Gasteiger partial charge in [0.15, 0.2) is 6.04 Å². The Morgan fingerprint density at radius 2 is 1.68 bits per heavy atom. The van der Waals surface area contributed by atoms with Gasteiger partial charge in [-0.05, 0) is 38.8 Å². The number of benzene rings is 1. The maximum Gasteiger partial charge on any atom is 0.278 e. The predicted molar refractivity (Wildman–Crippen MR) is 111 cm³/mol. The van der Waals surface area contributed by atoms with Gasteiger partial charge in [0, 0.05) is 24.7 Å². The average molecular weight is 411 g/mol. The summed E-state index contributed by atoms with van der Waals surface area (Å²) >= 11 is 0. The van der Waals surface area contributed by atoms with Crippen molar-refractivity contribution >= 4 is 15.9 Å². The number of nitrogens with zero attached hydrogens (tertiary/aromatic N) is 1. The van der Waals surface area contributed by atoms with E-state index in [9.17, 15) is 13.2 Å². The number of amides is 1. The highest BCUT2D eigenvalue weighted by Gasteiger charge is 2.25. The first-order chi connectivity index (χ1) is 13.3. The largest absolute Gasteiger partial charge is 0.348 e. The smallest absolute Gasteiger partial charge is 0.278 e.